The average molecular weight is 260 g/mol. The molecule has 0 radical (unpaired) electrons. The molecular formula is C16H24N2O. The Morgan fingerprint density at radius 1 is 1.42 bits per heavy atom. The van der Waals surface area contributed by atoms with E-state index < -0.39 is 0 Å². The molecule has 0 spiro atoms. The summed E-state index contributed by atoms with van der Waals surface area (Å²) < 4.78 is 0. The highest BCUT2D eigenvalue weighted by molar-refractivity contribution is 5.94. The molecule has 0 fully saturated rings. The van der Waals surface area contributed by atoms with Gasteiger partial charge in [-0.15, -0.1) is 0 Å². The Balaban J connectivity index is 2.15. The number of aryl methyl sites for hydroxylation is 1. The normalized spacial score (nSPS) is 14.2. The maximum absolute atomic E-state index is 12.3. The van der Waals surface area contributed by atoms with Gasteiger partial charge in [0.2, 0.25) is 0 Å². The summed E-state index contributed by atoms with van der Waals surface area (Å²) in [6.07, 6.45) is 4.44. The molecule has 104 valence electrons. The van der Waals surface area contributed by atoms with Crippen LogP contribution in [0.3, 0.4) is 0 Å². The van der Waals surface area contributed by atoms with Crippen molar-refractivity contribution in [2.24, 2.45) is 0 Å². The molecule has 0 atom stereocenters. The summed E-state index contributed by atoms with van der Waals surface area (Å²) in [6, 6.07) is 6.14. The number of fused-ring (bicyclic) bond motifs is 1. The van der Waals surface area contributed by atoms with Crippen molar-refractivity contribution in [2.75, 3.05) is 32.1 Å². The van der Waals surface area contributed by atoms with Crippen LogP contribution < -0.4 is 4.90 Å². The zero-order valence-electron chi connectivity index (χ0n) is 12.3. The number of unbranched alkanes of at least 4 members (excludes halogenated alkanes) is 1. The van der Waals surface area contributed by atoms with Gasteiger partial charge in [0.25, 0.3) is 5.91 Å². The summed E-state index contributed by atoms with van der Waals surface area (Å²) in [5.41, 5.74) is 3.41. The van der Waals surface area contributed by atoms with Gasteiger partial charge in [0.1, 0.15) is 0 Å². The molecule has 0 aromatic heterocycles. The second-order valence-corrected chi connectivity index (χ2v) is 5.45. The summed E-state index contributed by atoms with van der Waals surface area (Å²) in [6.45, 7) is 4.09. The number of hydrogen-bond donors (Lipinski definition) is 0. The molecular weight excluding hydrogens is 236 g/mol. The van der Waals surface area contributed by atoms with Crippen LogP contribution in [-0.4, -0.2) is 38.0 Å². The molecule has 1 aliphatic rings. The smallest absolute Gasteiger partial charge is 0.253 e. The average Bonchev–Trinajstić information content (AvgIpc) is 2.43. The number of rotatable bonds is 4. The van der Waals surface area contributed by atoms with Gasteiger partial charge in [-0.2, -0.15) is 0 Å². The predicted molar refractivity (Wildman–Crippen MR) is 79.9 cm³/mol. The van der Waals surface area contributed by atoms with E-state index in [1.165, 1.54) is 17.7 Å². The Labute approximate surface area is 116 Å². The standard InChI is InChI=1S/C16H24N2O/c1-4-5-10-18(3)16(19)14-8-9-15-13(12-14)7-6-11-17(15)2/h8-9,12H,4-7,10-11H2,1-3H3. The van der Waals surface area contributed by atoms with Gasteiger partial charge in [-0.1, -0.05) is 13.3 Å². The van der Waals surface area contributed by atoms with Crippen molar-refractivity contribution in [2.45, 2.75) is 32.6 Å². The minimum atomic E-state index is 0.143. The first-order valence-corrected chi connectivity index (χ1v) is 7.23. The van der Waals surface area contributed by atoms with Crippen molar-refractivity contribution in [1.29, 1.82) is 0 Å². The van der Waals surface area contributed by atoms with E-state index in [9.17, 15) is 4.79 Å². The topological polar surface area (TPSA) is 23.6 Å². The molecule has 0 saturated heterocycles. The quantitative estimate of drug-likeness (QED) is 0.831. The largest absolute Gasteiger partial charge is 0.374 e. The first kappa shape index (κ1) is 13.9. The number of carbonyl (C=O) groups excluding carboxylic acids is 1. The van der Waals surface area contributed by atoms with Crippen molar-refractivity contribution < 1.29 is 4.79 Å². The second kappa shape index (κ2) is 6.09. The lowest BCUT2D eigenvalue weighted by Gasteiger charge is -2.28. The van der Waals surface area contributed by atoms with Gasteiger partial charge in [-0.3, -0.25) is 4.79 Å². The van der Waals surface area contributed by atoms with E-state index >= 15 is 0 Å². The van der Waals surface area contributed by atoms with Crippen LogP contribution in [0.1, 0.15) is 42.1 Å². The zero-order chi connectivity index (χ0) is 13.8. The van der Waals surface area contributed by atoms with E-state index in [-0.39, 0.29) is 5.91 Å². The third-order valence-electron chi connectivity index (χ3n) is 3.87. The Morgan fingerprint density at radius 2 is 2.21 bits per heavy atom. The molecule has 3 heteroatoms. The van der Waals surface area contributed by atoms with Crippen molar-refractivity contribution >= 4 is 11.6 Å². The third kappa shape index (κ3) is 3.09. The molecule has 19 heavy (non-hydrogen) atoms. The minimum Gasteiger partial charge on any atom is -0.374 e. The molecule has 0 saturated carbocycles. The van der Waals surface area contributed by atoms with Crippen LogP contribution in [0.5, 0.6) is 0 Å². The van der Waals surface area contributed by atoms with Gasteiger partial charge in [0.05, 0.1) is 0 Å². The number of amides is 1. The Morgan fingerprint density at radius 3 is 2.95 bits per heavy atom. The first-order valence-electron chi connectivity index (χ1n) is 7.23. The van der Waals surface area contributed by atoms with Crippen LogP contribution >= 0.6 is 0 Å². The van der Waals surface area contributed by atoms with Gasteiger partial charge in [0, 0.05) is 38.4 Å². The van der Waals surface area contributed by atoms with Gasteiger partial charge in [0.15, 0.2) is 0 Å². The first-order chi connectivity index (χ1) is 9.13. The number of nitrogens with zero attached hydrogens (tertiary/aromatic N) is 2. The molecule has 1 aromatic carbocycles. The van der Waals surface area contributed by atoms with Crippen LogP contribution in [0.25, 0.3) is 0 Å². The molecule has 0 aliphatic carbocycles. The van der Waals surface area contributed by atoms with Crippen molar-refractivity contribution in [3.63, 3.8) is 0 Å². The van der Waals surface area contributed by atoms with Crippen LogP contribution in [-0.2, 0) is 6.42 Å². The SMILES string of the molecule is CCCCN(C)C(=O)c1ccc2c(c1)CCCN2C. The summed E-state index contributed by atoms with van der Waals surface area (Å²) in [5, 5.41) is 0. The van der Waals surface area contributed by atoms with Gasteiger partial charge in [-0.05, 0) is 43.0 Å². The summed E-state index contributed by atoms with van der Waals surface area (Å²) >= 11 is 0. The molecule has 0 unspecified atom stereocenters. The molecule has 1 amide bonds. The molecule has 1 aliphatic heterocycles. The van der Waals surface area contributed by atoms with E-state index in [0.29, 0.717) is 0 Å². The molecule has 1 aromatic rings. The van der Waals surface area contributed by atoms with Gasteiger partial charge < -0.3 is 9.80 Å². The predicted octanol–water partition coefficient (Wildman–Crippen LogP) is 2.94. The number of benzene rings is 1. The Kier molecular flexibility index (Phi) is 4.46. The zero-order valence-corrected chi connectivity index (χ0v) is 12.3. The lowest BCUT2D eigenvalue weighted by atomic mass is 9.99. The maximum atomic E-state index is 12.3. The molecule has 0 N–H and O–H groups in total. The summed E-state index contributed by atoms with van der Waals surface area (Å²) in [5.74, 6) is 0.143. The highest BCUT2D eigenvalue weighted by Gasteiger charge is 2.17. The van der Waals surface area contributed by atoms with Crippen LogP contribution in [0.4, 0.5) is 5.69 Å². The monoisotopic (exact) mass is 260 g/mol. The van der Waals surface area contributed by atoms with Crippen LogP contribution in [0.15, 0.2) is 18.2 Å². The second-order valence-electron chi connectivity index (χ2n) is 5.45. The van der Waals surface area contributed by atoms with Gasteiger partial charge >= 0.3 is 0 Å². The lowest BCUT2D eigenvalue weighted by Crippen LogP contribution is -2.29. The maximum Gasteiger partial charge on any atom is 0.253 e. The molecule has 1 heterocycles. The summed E-state index contributed by atoms with van der Waals surface area (Å²) in [7, 11) is 4.01. The van der Waals surface area contributed by atoms with Gasteiger partial charge in [-0.25, -0.2) is 0 Å². The van der Waals surface area contributed by atoms with E-state index in [1.807, 2.05) is 18.0 Å². The molecule has 2 rings (SSSR count). The highest BCUT2D eigenvalue weighted by atomic mass is 16.2. The van der Waals surface area contributed by atoms with E-state index in [1.54, 1.807) is 0 Å². The third-order valence-corrected chi connectivity index (χ3v) is 3.87. The number of carbonyl (C=O) groups is 1. The Bertz CT molecular complexity index is 456. The van der Waals surface area contributed by atoms with Crippen LogP contribution in [0.2, 0.25) is 0 Å². The minimum absolute atomic E-state index is 0.143. The van der Waals surface area contributed by atoms with Crippen LogP contribution in [0, 0.1) is 0 Å². The van der Waals surface area contributed by atoms with E-state index in [2.05, 4.69) is 31.0 Å². The number of anilines is 1. The molecule has 0 bridgehead atoms. The van der Waals surface area contributed by atoms with E-state index in [4.69, 9.17) is 0 Å². The van der Waals surface area contributed by atoms with Crippen molar-refractivity contribution in [3.8, 4) is 0 Å². The van der Waals surface area contributed by atoms with E-state index in [0.717, 1.165) is 37.9 Å². The molecule has 3 nitrogen and oxygen atoms in total. The fourth-order valence-electron chi connectivity index (χ4n) is 2.64. The highest BCUT2D eigenvalue weighted by Crippen LogP contribution is 2.27. The van der Waals surface area contributed by atoms with Crippen molar-refractivity contribution in [1.82, 2.24) is 4.90 Å². The fraction of sp³-hybridized carbons (Fsp3) is 0.562. The Hall–Kier alpha value is -1.51. The lowest BCUT2D eigenvalue weighted by molar-refractivity contribution is 0.0793. The fourth-order valence-corrected chi connectivity index (χ4v) is 2.64. The number of hydrogen-bond acceptors (Lipinski definition) is 2. The van der Waals surface area contributed by atoms with Crippen molar-refractivity contribution in [3.05, 3.63) is 29.3 Å². The summed E-state index contributed by atoms with van der Waals surface area (Å²) in [4.78, 5) is 16.4.